The van der Waals surface area contributed by atoms with Crippen LogP contribution in [0.2, 0.25) is 10.0 Å². The van der Waals surface area contributed by atoms with E-state index in [0.717, 1.165) is 11.1 Å². The van der Waals surface area contributed by atoms with Crippen molar-refractivity contribution in [2.45, 2.75) is 20.5 Å². The van der Waals surface area contributed by atoms with E-state index in [1.165, 1.54) is 0 Å². The van der Waals surface area contributed by atoms with Gasteiger partial charge in [0.15, 0.2) is 11.5 Å². The van der Waals surface area contributed by atoms with Crippen LogP contribution < -0.4 is 14.8 Å². The largest absolute Gasteiger partial charge is 0.488 e. The van der Waals surface area contributed by atoms with E-state index in [1.807, 2.05) is 50.2 Å². The number of carbonyl (C=O) groups is 1. The Morgan fingerprint density at radius 3 is 2.48 bits per heavy atom. The molecule has 0 aliphatic carbocycles. The smallest absolute Gasteiger partial charge is 0.255 e. The SMILES string of the molecule is CCOc1c(Cl)cc(C(=O)Nc2cc(Cl)ccc2C)cc1OCc1ccccc1. The molecule has 4 nitrogen and oxygen atoms in total. The van der Waals surface area contributed by atoms with Gasteiger partial charge < -0.3 is 14.8 Å². The zero-order valence-corrected chi connectivity index (χ0v) is 17.7. The average molecular weight is 430 g/mol. The molecule has 0 aliphatic heterocycles. The van der Waals surface area contributed by atoms with E-state index in [0.29, 0.717) is 46.0 Å². The Labute approximate surface area is 180 Å². The third-order valence-electron chi connectivity index (χ3n) is 4.25. The van der Waals surface area contributed by atoms with Crippen LogP contribution in [0.15, 0.2) is 60.7 Å². The monoisotopic (exact) mass is 429 g/mol. The fourth-order valence-corrected chi connectivity index (χ4v) is 3.19. The third kappa shape index (κ3) is 5.43. The molecule has 0 aliphatic rings. The fourth-order valence-electron chi connectivity index (χ4n) is 2.75. The van der Waals surface area contributed by atoms with Crippen molar-refractivity contribution >= 4 is 34.8 Å². The molecule has 0 aromatic heterocycles. The summed E-state index contributed by atoms with van der Waals surface area (Å²) in [5.74, 6) is 0.515. The molecule has 3 aromatic rings. The summed E-state index contributed by atoms with van der Waals surface area (Å²) in [4.78, 5) is 12.8. The molecular weight excluding hydrogens is 409 g/mol. The van der Waals surface area contributed by atoms with E-state index in [1.54, 1.807) is 24.3 Å². The Kier molecular flexibility index (Phi) is 7.02. The number of hydrogen-bond acceptors (Lipinski definition) is 3. The maximum Gasteiger partial charge on any atom is 0.255 e. The Morgan fingerprint density at radius 2 is 1.76 bits per heavy atom. The predicted molar refractivity (Wildman–Crippen MR) is 118 cm³/mol. The highest BCUT2D eigenvalue weighted by Gasteiger charge is 2.17. The minimum Gasteiger partial charge on any atom is -0.488 e. The summed E-state index contributed by atoms with van der Waals surface area (Å²) in [5, 5.41) is 3.72. The second-order valence-corrected chi connectivity index (χ2v) is 7.25. The first-order valence-electron chi connectivity index (χ1n) is 9.18. The minimum atomic E-state index is -0.315. The summed E-state index contributed by atoms with van der Waals surface area (Å²) >= 11 is 12.4. The Hall–Kier alpha value is -2.69. The first-order chi connectivity index (χ1) is 14.0. The quantitative estimate of drug-likeness (QED) is 0.464. The number of carbonyl (C=O) groups excluding carboxylic acids is 1. The second-order valence-electron chi connectivity index (χ2n) is 6.41. The predicted octanol–water partition coefficient (Wildman–Crippen LogP) is 6.53. The van der Waals surface area contributed by atoms with Gasteiger partial charge in [0.2, 0.25) is 0 Å². The van der Waals surface area contributed by atoms with Gasteiger partial charge >= 0.3 is 0 Å². The van der Waals surface area contributed by atoms with Crippen molar-refractivity contribution in [2.24, 2.45) is 0 Å². The highest BCUT2D eigenvalue weighted by atomic mass is 35.5. The molecule has 3 rings (SSSR count). The van der Waals surface area contributed by atoms with Gasteiger partial charge in [0, 0.05) is 16.3 Å². The molecule has 0 spiro atoms. The van der Waals surface area contributed by atoms with Gasteiger partial charge in [0.1, 0.15) is 6.61 Å². The van der Waals surface area contributed by atoms with E-state index in [4.69, 9.17) is 32.7 Å². The molecule has 1 N–H and O–H groups in total. The standard InChI is InChI=1S/C23H21Cl2NO3/c1-3-28-22-19(25)11-17(12-21(22)29-14-16-7-5-4-6-8-16)23(27)26-20-13-18(24)10-9-15(20)2/h4-13H,3,14H2,1-2H3,(H,26,27). The Balaban J connectivity index is 1.87. The van der Waals surface area contributed by atoms with Crippen molar-refractivity contribution in [1.29, 1.82) is 0 Å². The number of anilines is 1. The number of amides is 1. The first-order valence-corrected chi connectivity index (χ1v) is 9.94. The molecule has 150 valence electrons. The van der Waals surface area contributed by atoms with Crippen LogP contribution in [0.5, 0.6) is 11.5 Å². The first kappa shape index (κ1) is 21.0. The topological polar surface area (TPSA) is 47.6 Å². The minimum absolute atomic E-state index is 0.311. The van der Waals surface area contributed by atoms with Gasteiger partial charge in [-0.05, 0) is 49.2 Å². The number of aryl methyl sites for hydroxylation is 1. The fraction of sp³-hybridized carbons (Fsp3) is 0.174. The van der Waals surface area contributed by atoms with Crippen LogP contribution in [0.4, 0.5) is 5.69 Å². The van der Waals surface area contributed by atoms with Crippen LogP contribution in [0.1, 0.15) is 28.4 Å². The van der Waals surface area contributed by atoms with Crippen LogP contribution in [-0.4, -0.2) is 12.5 Å². The number of hydrogen-bond donors (Lipinski definition) is 1. The van der Waals surface area contributed by atoms with Crippen molar-refractivity contribution < 1.29 is 14.3 Å². The van der Waals surface area contributed by atoms with E-state index >= 15 is 0 Å². The summed E-state index contributed by atoms with van der Waals surface area (Å²) in [6.07, 6.45) is 0. The lowest BCUT2D eigenvalue weighted by Crippen LogP contribution is -2.13. The van der Waals surface area contributed by atoms with Gasteiger partial charge in [-0.3, -0.25) is 4.79 Å². The summed E-state index contributed by atoms with van der Waals surface area (Å²) in [6.45, 7) is 4.51. The van der Waals surface area contributed by atoms with Crippen LogP contribution in [0.25, 0.3) is 0 Å². The summed E-state index contributed by atoms with van der Waals surface area (Å²) in [5.41, 5.74) is 2.90. The van der Waals surface area contributed by atoms with E-state index in [9.17, 15) is 4.79 Å². The molecule has 29 heavy (non-hydrogen) atoms. The zero-order chi connectivity index (χ0) is 20.8. The maximum atomic E-state index is 12.8. The second kappa shape index (κ2) is 9.68. The Bertz CT molecular complexity index is 1010. The number of benzene rings is 3. The van der Waals surface area contributed by atoms with Crippen LogP contribution in [-0.2, 0) is 6.61 Å². The van der Waals surface area contributed by atoms with Gasteiger partial charge in [-0.1, -0.05) is 59.6 Å². The van der Waals surface area contributed by atoms with Gasteiger partial charge in [0.25, 0.3) is 5.91 Å². The van der Waals surface area contributed by atoms with E-state index in [2.05, 4.69) is 5.32 Å². The number of rotatable bonds is 7. The van der Waals surface area contributed by atoms with Crippen molar-refractivity contribution in [3.8, 4) is 11.5 Å². The zero-order valence-electron chi connectivity index (χ0n) is 16.2. The molecule has 0 radical (unpaired) electrons. The van der Waals surface area contributed by atoms with E-state index < -0.39 is 0 Å². The van der Waals surface area contributed by atoms with Gasteiger partial charge in [0.05, 0.1) is 11.6 Å². The van der Waals surface area contributed by atoms with Crippen molar-refractivity contribution in [2.75, 3.05) is 11.9 Å². The molecule has 0 saturated carbocycles. The maximum absolute atomic E-state index is 12.8. The molecule has 0 atom stereocenters. The van der Waals surface area contributed by atoms with Crippen LogP contribution in [0, 0.1) is 6.92 Å². The number of ether oxygens (including phenoxy) is 2. The van der Waals surface area contributed by atoms with Gasteiger partial charge in [-0.25, -0.2) is 0 Å². The normalized spacial score (nSPS) is 10.5. The average Bonchev–Trinajstić information content (AvgIpc) is 2.71. The lowest BCUT2D eigenvalue weighted by atomic mass is 10.1. The van der Waals surface area contributed by atoms with E-state index in [-0.39, 0.29) is 5.91 Å². The highest BCUT2D eigenvalue weighted by molar-refractivity contribution is 6.33. The van der Waals surface area contributed by atoms with Crippen molar-refractivity contribution in [3.63, 3.8) is 0 Å². The molecular formula is C23H21Cl2NO3. The molecule has 0 bridgehead atoms. The molecule has 0 heterocycles. The summed E-state index contributed by atoms with van der Waals surface area (Å²) in [7, 11) is 0. The molecule has 0 unspecified atom stereocenters. The molecule has 0 saturated heterocycles. The molecule has 0 fully saturated rings. The lowest BCUT2D eigenvalue weighted by molar-refractivity contribution is 0.102. The molecule has 3 aromatic carbocycles. The number of halogens is 2. The number of nitrogens with one attached hydrogen (secondary N) is 1. The van der Waals surface area contributed by atoms with Crippen LogP contribution >= 0.6 is 23.2 Å². The molecule has 1 amide bonds. The van der Waals surface area contributed by atoms with Crippen molar-refractivity contribution in [3.05, 3.63) is 87.4 Å². The van der Waals surface area contributed by atoms with Crippen molar-refractivity contribution in [1.82, 2.24) is 0 Å². The van der Waals surface area contributed by atoms with Gasteiger partial charge in [-0.15, -0.1) is 0 Å². The molecule has 6 heteroatoms. The highest BCUT2D eigenvalue weighted by Crippen LogP contribution is 2.37. The lowest BCUT2D eigenvalue weighted by Gasteiger charge is -2.16. The summed E-state index contributed by atoms with van der Waals surface area (Å²) < 4.78 is 11.6. The summed E-state index contributed by atoms with van der Waals surface area (Å²) in [6, 6.07) is 18.3. The Morgan fingerprint density at radius 1 is 1.00 bits per heavy atom. The van der Waals surface area contributed by atoms with Gasteiger partial charge in [-0.2, -0.15) is 0 Å². The van der Waals surface area contributed by atoms with Crippen LogP contribution in [0.3, 0.4) is 0 Å². The third-order valence-corrected chi connectivity index (χ3v) is 4.76.